The Morgan fingerprint density at radius 3 is 1.93 bits per heavy atom. The molecule has 9 nitrogen and oxygen atoms in total. The second kappa shape index (κ2) is 12.8. The van der Waals surface area contributed by atoms with Gasteiger partial charge in [-0.05, 0) is 13.3 Å². The molecule has 9 heteroatoms. The zero-order chi connectivity index (χ0) is 22.7. The van der Waals surface area contributed by atoms with Crippen LogP contribution in [0.25, 0.3) is 0 Å². The molecule has 2 aromatic rings. The molecule has 1 unspecified atom stereocenters. The number of ketones is 1. The van der Waals surface area contributed by atoms with Crippen molar-refractivity contribution in [2.45, 2.75) is 79.6 Å². The fourth-order valence-corrected chi connectivity index (χ4v) is 2.73. The van der Waals surface area contributed by atoms with Crippen LogP contribution in [-0.4, -0.2) is 46.4 Å². The van der Waals surface area contributed by atoms with Crippen LogP contribution < -0.4 is 0 Å². The minimum Gasteiger partial charge on any atom is -0.475 e. The number of aromatic nitrogens is 6. The number of hydrogen-bond donors (Lipinski definition) is 1. The van der Waals surface area contributed by atoms with Crippen molar-refractivity contribution in [1.29, 1.82) is 0 Å². The highest BCUT2D eigenvalue weighted by Gasteiger charge is 2.15. The van der Waals surface area contributed by atoms with Crippen LogP contribution in [0.3, 0.4) is 0 Å². The van der Waals surface area contributed by atoms with E-state index in [1.165, 1.54) is 4.68 Å². The summed E-state index contributed by atoms with van der Waals surface area (Å²) in [4.78, 5) is 29.7. The number of rotatable bonds is 7. The molecule has 0 amide bonds. The third-order valence-corrected chi connectivity index (χ3v) is 3.91. The lowest BCUT2D eigenvalue weighted by Crippen LogP contribution is -2.03. The Kier molecular flexibility index (Phi) is 11.7. The topological polar surface area (TPSA) is 116 Å². The zero-order valence-corrected chi connectivity index (χ0v) is 19.2. The van der Waals surface area contributed by atoms with Gasteiger partial charge in [-0.1, -0.05) is 48.0 Å². The average molecular weight is 409 g/mol. The smallest absolute Gasteiger partial charge is 0.375 e. The molecular formula is C20H36N6O3. The van der Waals surface area contributed by atoms with Crippen molar-refractivity contribution >= 4 is 11.8 Å². The highest BCUT2D eigenvalue weighted by molar-refractivity contribution is 5.82. The monoisotopic (exact) mass is 408 g/mol. The normalized spacial score (nSPS) is 11.2. The molecule has 0 spiro atoms. The largest absolute Gasteiger partial charge is 0.475 e. The average Bonchev–Trinajstić information content (AvgIpc) is 3.20. The maximum atomic E-state index is 10.9. The van der Waals surface area contributed by atoms with Crippen molar-refractivity contribution < 1.29 is 14.7 Å². The molecule has 0 saturated heterocycles. The molecule has 0 radical (unpaired) electrons. The van der Waals surface area contributed by atoms with Crippen LogP contribution in [0.2, 0.25) is 0 Å². The van der Waals surface area contributed by atoms with Gasteiger partial charge in [0.05, 0.1) is 6.42 Å². The van der Waals surface area contributed by atoms with Gasteiger partial charge in [0.15, 0.2) is 5.82 Å². The van der Waals surface area contributed by atoms with E-state index in [4.69, 9.17) is 5.11 Å². The summed E-state index contributed by atoms with van der Waals surface area (Å²) in [7, 11) is 3.58. The Hall–Kier alpha value is -2.58. The summed E-state index contributed by atoms with van der Waals surface area (Å²) in [5.74, 6) is 1.79. The Morgan fingerprint density at radius 2 is 1.55 bits per heavy atom. The van der Waals surface area contributed by atoms with E-state index >= 15 is 0 Å². The van der Waals surface area contributed by atoms with E-state index in [1.54, 1.807) is 18.7 Å². The SMILES string of the molecule is CC.CC(C)c1nc(C(=O)O)nn1C.CCCC(C)c1nc(CC(C)=O)nn1C. The van der Waals surface area contributed by atoms with Crippen LogP contribution in [0.1, 0.15) is 101 Å². The molecule has 1 atom stereocenters. The number of carboxylic acids is 1. The van der Waals surface area contributed by atoms with Crippen molar-refractivity contribution in [3.8, 4) is 0 Å². The fourth-order valence-electron chi connectivity index (χ4n) is 2.73. The maximum Gasteiger partial charge on any atom is 0.375 e. The minimum atomic E-state index is -1.09. The Morgan fingerprint density at radius 1 is 1.00 bits per heavy atom. The summed E-state index contributed by atoms with van der Waals surface area (Å²) in [6.45, 7) is 13.7. The number of Topliss-reactive ketones (excluding diaryl/α,β-unsaturated/α-hetero) is 1. The molecule has 2 rings (SSSR count). The van der Waals surface area contributed by atoms with Gasteiger partial charge in [-0.15, -0.1) is 5.10 Å². The van der Waals surface area contributed by atoms with Crippen LogP contribution >= 0.6 is 0 Å². The van der Waals surface area contributed by atoms with Gasteiger partial charge < -0.3 is 5.11 Å². The van der Waals surface area contributed by atoms with Gasteiger partial charge in [0.1, 0.15) is 17.4 Å². The predicted molar refractivity (Wildman–Crippen MR) is 112 cm³/mol. The number of aromatic carboxylic acids is 1. The molecule has 0 aliphatic rings. The quantitative estimate of drug-likeness (QED) is 0.745. The number of carbonyl (C=O) groups excluding carboxylic acids is 1. The number of nitrogens with zero attached hydrogens (tertiary/aromatic N) is 6. The molecule has 1 N–H and O–H groups in total. The zero-order valence-electron chi connectivity index (χ0n) is 19.2. The predicted octanol–water partition coefficient (Wildman–Crippen LogP) is 3.51. The van der Waals surface area contributed by atoms with Crippen LogP contribution in [0.5, 0.6) is 0 Å². The summed E-state index contributed by atoms with van der Waals surface area (Å²) >= 11 is 0. The molecule has 0 aromatic carbocycles. The van der Waals surface area contributed by atoms with Crippen LogP contribution in [0.4, 0.5) is 0 Å². The second-order valence-electron chi connectivity index (χ2n) is 6.96. The standard InChI is InChI=1S/C11H19N3O.C7H11N3O2.C2H6/c1-5-6-8(2)11-12-10(7-9(3)15)13-14(11)4;1-4(2)6-8-5(7(11)12)9-10(6)3;1-2/h8H,5-7H2,1-4H3;4H,1-3H3,(H,11,12);1-2H3. The lowest BCUT2D eigenvalue weighted by molar-refractivity contribution is -0.116. The first-order valence-corrected chi connectivity index (χ1v) is 10.1. The maximum absolute atomic E-state index is 10.9. The molecule has 0 bridgehead atoms. The van der Waals surface area contributed by atoms with E-state index in [0.717, 1.165) is 18.7 Å². The summed E-state index contributed by atoms with van der Waals surface area (Å²) < 4.78 is 3.28. The lowest BCUT2D eigenvalue weighted by atomic mass is 10.1. The van der Waals surface area contributed by atoms with Crippen molar-refractivity contribution in [1.82, 2.24) is 29.5 Å². The Labute approximate surface area is 173 Å². The number of carboxylic acid groups (broad SMARTS) is 1. The summed E-state index contributed by atoms with van der Waals surface area (Å²) in [5.41, 5.74) is 0. The van der Waals surface area contributed by atoms with Gasteiger partial charge in [0, 0.05) is 25.9 Å². The van der Waals surface area contributed by atoms with Gasteiger partial charge in [0.25, 0.3) is 5.82 Å². The molecular weight excluding hydrogens is 372 g/mol. The highest BCUT2D eigenvalue weighted by Crippen LogP contribution is 2.18. The van der Waals surface area contributed by atoms with Crippen LogP contribution in [0, 0.1) is 0 Å². The van der Waals surface area contributed by atoms with E-state index < -0.39 is 5.97 Å². The molecule has 0 saturated carbocycles. The van der Waals surface area contributed by atoms with Gasteiger partial charge >= 0.3 is 5.97 Å². The Bertz CT molecular complexity index is 779. The van der Waals surface area contributed by atoms with E-state index in [9.17, 15) is 9.59 Å². The first-order valence-electron chi connectivity index (χ1n) is 10.1. The van der Waals surface area contributed by atoms with Crippen molar-refractivity contribution in [2.24, 2.45) is 14.1 Å². The van der Waals surface area contributed by atoms with Gasteiger partial charge in [0.2, 0.25) is 0 Å². The first kappa shape index (κ1) is 26.4. The number of hydrogen-bond acceptors (Lipinski definition) is 6. The first-order chi connectivity index (χ1) is 13.6. The molecule has 0 aliphatic carbocycles. The summed E-state index contributed by atoms with van der Waals surface area (Å²) in [5, 5.41) is 16.5. The Balaban J connectivity index is 0.000000508. The minimum absolute atomic E-state index is 0.107. The molecule has 0 fully saturated rings. The van der Waals surface area contributed by atoms with Crippen molar-refractivity contribution in [2.75, 3.05) is 0 Å². The summed E-state index contributed by atoms with van der Waals surface area (Å²) in [6.07, 6.45) is 2.58. The van der Waals surface area contributed by atoms with Crippen molar-refractivity contribution in [3.05, 3.63) is 23.3 Å². The third-order valence-electron chi connectivity index (χ3n) is 3.91. The van der Waals surface area contributed by atoms with Crippen LogP contribution in [-0.2, 0) is 25.3 Å². The molecule has 2 aromatic heterocycles. The summed E-state index contributed by atoms with van der Waals surface area (Å²) in [6, 6.07) is 0. The highest BCUT2D eigenvalue weighted by atomic mass is 16.4. The molecule has 29 heavy (non-hydrogen) atoms. The number of aryl methyl sites for hydroxylation is 2. The third kappa shape index (κ3) is 8.53. The second-order valence-corrected chi connectivity index (χ2v) is 6.96. The van der Waals surface area contributed by atoms with Crippen molar-refractivity contribution in [3.63, 3.8) is 0 Å². The van der Waals surface area contributed by atoms with E-state index in [2.05, 4.69) is 34.0 Å². The number of carbonyl (C=O) groups is 2. The molecule has 2 heterocycles. The van der Waals surface area contributed by atoms with Crippen LogP contribution in [0.15, 0.2) is 0 Å². The lowest BCUT2D eigenvalue weighted by Gasteiger charge is -2.07. The van der Waals surface area contributed by atoms with Gasteiger partial charge in [-0.25, -0.2) is 14.8 Å². The van der Waals surface area contributed by atoms with Gasteiger partial charge in [-0.3, -0.25) is 14.2 Å². The van der Waals surface area contributed by atoms with Gasteiger partial charge in [-0.2, -0.15) is 5.10 Å². The molecule has 0 aliphatic heterocycles. The fraction of sp³-hybridized carbons (Fsp3) is 0.700. The molecule has 164 valence electrons. The van der Waals surface area contributed by atoms with E-state index in [-0.39, 0.29) is 17.5 Å². The van der Waals surface area contributed by atoms with E-state index in [1.807, 2.05) is 34.7 Å². The van der Waals surface area contributed by atoms with E-state index in [0.29, 0.717) is 24.0 Å².